The van der Waals surface area contributed by atoms with E-state index in [9.17, 15) is 33.4 Å². The van der Waals surface area contributed by atoms with Crippen molar-refractivity contribution in [3.05, 3.63) is 37.9 Å². The van der Waals surface area contributed by atoms with Gasteiger partial charge in [0.15, 0.2) is 5.69 Å². The molecular formula is C15H20F3N3O4. The van der Waals surface area contributed by atoms with Crippen LogP contribution in [0.4, 0.5) is 30.2 Å². The Labute approximate surface area is 142 Å². The number of halogens is 3. The number of nitro groups is 2. The predicted octanol–water partition coefficient (Wildman–Crippen LogP) is 4.93. The number of anilines is 1. The van der Waals surface area contributed by atoms with Crippen LogP contribution < -0.4 is 4.90 Å². The van der Waals surface area contributed by atoms with Gasteiger partial charge in [0, 0.05) is 25.2 Å². The largest absolute Gasteiger partial charge is 0.416 e. The first-order valence-corrected chi connectivity index (χ1v) is 7.92. The molecule has 1 rings (SSSR count). The molecule has 0 heterocycles. The Morgan fingerprint density at radius 1 is 0.960 bits per heavy atom. The molecule has 0 atom stereocenters. The molecule has 140 valence electrons. The van der Waals surface area contributed by atoms with Gasteiger partial charge in [0.05, 0.1) is 15.4 Å². The van der Waals surface area contributed by atoms with Crippen LogP contribution in [0.2, 0.25) is 0 Å². The lowest BCUT2D eigenvalue weighted by molar-refractivity contribution is -0.393. The molecule has 0 spiro atoms. The van der Waals surface area contributed by atoms with Gasteiger partial charge in [0.2, 0.25) is 0 Å². The van der Waals surface area contributed by atoms with Crippen molar-refractivity contribution in [1.82, 2.24) is 0 Å². The fraction of sp³-hybridized carbons (Fsp3) is 0.600. The number of benzene rings is 1. The first-order valence-electron chi connectivity index (χ1n) is 7.92. The predicted molar refractivity (Wildman–Crippen MR) is 86.8 cm³/mol. The molecule has 0 aliphatic carbocycles. The van der Waals surface area contributed by atoms with E-state index in [-0.39, 0.29) is 5.69 Å². The molecular weight excluding hydrogens is 343 g/mol. The summed E-state index contributed by atoms with van der Waals surface area (Å²) in [6.45, 7) is 4.36. The van der Waals surface area contributed by atoms with E-state index >= 15 is 0 Å². The maximum Gasteiger partial charge on any atom is 0.416 e. The standard InChI is InChI=1S/C15H20F3N3O4/c1-3-5-7-19(8-6-4-2)14-12(20(22)23)9-11(15(16,17)18)10-13(14)21(24)25/h9-10H,3-8H2,1-2H3. The first-order chi connectivity index (χ1) is 11.6. The van der Waals surface area contributed by atoms with Crippen LogP contribution in [0.15, 0.2) is 12.1 Å². The Balaban J connectivity index is 3.61. The quantitative estimate of drug-likeness (QED) is 0.458. The van der Waals surface area contributed by atoms with Crippen LogP contribution >= 0.6 is 0 Å². The molecule has 0 saturated heterocycles. The first kappa shape index (κ1) is 20.7. The molecule has 10 heteroatoms. The van der Waals surface area contributed by atoms with Gasteiger partial charge in [-0.3, -0.25) is 20.2 Å². The maximum atomic E-state index is 13.0. The van der Waals surface area contributed by atoms with Gasteiger partial charge in [-0.25, -0.2) is 0 Å². The van der Waals surface area contributed by atoms with Crippen molar-refractivity contribution >= 4 is 17.1 Å². The lowest BCUT2D eigenvalue weighted by Gasteiger charge is -2.24. The van der Waals surface area contributed by atoms with Crippen molar-refractivity contribution in [1.29, 1.82) is 0 Å². The third-order valence-electron chi connectivity index (χ3n) is 3.67. The average molecular weight is 363 g/mol. The zero-order chi connectivity index (χ0) is 19.2. The van der Waals surface area contributed by atoms with Crippen LogP contribution in [0.25, 0.3) is 0 Å². The summed E-state index contributed by atoms with van der Waals surface area (Å²) in [5.74, 6) is 0. The summed E-state index contributed by atoms with van der Waals surface area (Å²) in [6.07, 6.45) is -2.21. The van der Waals surface area contributed by atoms with E-state index in [2.05, 4.69) is 0 Å². The van der Waals surface area contributed by atoms with E-state index in [0.717, 1.165) is 12.8 Å². The van der Waals surface area contributed by atoms with Gasteiger partial charge in [0.25, 0.3) is 11.4 Å². The van der Waals surface area contributed by atoms with E-state index in [1.165, 1.54) is 4.90 Å². The van der Waals surface area contributed by atoms with Crippen LogP contribution in [0.5, 0.6) is 0 Å². The Bertz CT molecular complexity index is 592. The number of hydrogen-bond acceptors (Lipinski definition) is 5. The van der Waals surface area contributed by atoms with Crippen molar-refractivity contribution in [3.63, 3.8) is 0 Å². The fourth-order valence-corrected chi connectivity index (χ4v) is 2.40. The number of hydrogen-bond donors (Lipinski definition) is 0. The molecule has 0 amide bonds. The zero-order valence-corrected chi connectivity index (χ0v) is 14.0. The summed E-state index contributed by atoms with van der Waals surface area (Å²) in [5.41, 5.74) is -3.55. The van der Waals surface area contributed by atoms with E-state index in [1.807, 2.05) is 13.8 Å². The van der Waals surface area contributed by atoms with Crippen LogP contribution in [0.3, 0.4) is 0 Å². The van der Waals surface area contributed by atoms with Gasteiger partial charge >= 0.3 is 6.18 Å². The third-order valence-corrected chi connectivity index (χ3v) is 3.67. The lowest BCUT2D eigenvalue weighted by atomic mass is 10.1. The molecule has 0 radical (unpaired) electrons. The topological polar surface area (TPSA) is 89.5 Å². The second-order valence-corrected chi connectivity index (χ2v) is 5.57. The maximum absolute atomic E-state index is 13.0. The zero-order valence-electron chi connectivity index (χ0n) is 14.0. The smallest absolute Gasteiger partial charge is 0.360 e. The molecule has 0 N–H and O–H groups in total. The molecule has 0 aromatic heterocycles. The molecule has 1 aromatic carbocycles. The van der Waals surface area contributed by atoms with Crippen LogP contribution in [0, 0.1) is 20.2 Å². The number of alkyl halides is 3. The minimum absolute atomic E-state index is 0.295. The highest BCUT2D eigenvalue weighted by Crippen LogP contribution is 2.43. The van der Waals surface area contributed by atoms with Crippen LogP contribution in [0.1, 0.15) is 45.1 Å². The SMILES string of the molecule is CCCCN(CCCC)c1c([N+](=O)[O-])cc(C(F)(F)F)cc1[N+](=O)[O-]. The molecule has 0 fully saturated rings. The number of rotatable bonds is 9. The minimum Gasteiger partial charge on any atom is -0.360 e. The van der Waals surface area contributed by atoms with Gasteiger partial charge in [-0.15, -0.1) is 0 Å². The summed E-state index contributed by atoms with van der Waals surface area (Å²) in [6, 6.07) is 0.737. The number of unbranched alkanes of at least 4 members (excludes halogenated alkanes) is 2. The summed E-state index contributed by atoms with van der Waals surface area (Å²) >= 11 is 0. The minimum atomic E-state index is -4.91. The van der Waals surface area contributed by atoms with Crippen LogP contribution in [-0.2, 0) is 6.18 Å². The van der Waals surface area contributed by atoms with E-state index in [1.54, 1.807) is 0 Å². The Morgan fingerprint density at radius 2 is 1.36 bits per heavy atom. The fourth-order valence-electron chi connectivity index (χ4n) is 2.40. The Hall–Kier alpha value is -2.39. The molecule has 0 aliphatic heterocycles. The van der Waals surface area contributed by atoms with Crippen molar-refractivity contribution < 1.29 is 23.0 Å². The van der Waals surface area contributed by atoms with Crippen molar-refractivity contribution in [2.75, 3.05) is 18.0 Å². The van der Waals surface area contributed by atoms with Gasteiger partial charge in [-0.1, -0.05) is 26.7 Å². The molecule has 0 bridgehead atoms. The second kappa shape index (κ2) is 8.63. The van der Waals surface area contributed by atoms with Crippen LogP contribution in [-0.4, -0.2) is 22.9 Å². The van der Waals surface area contributed by atoms with Crippen molar-refractivity contribution in [2.45, 2.75) is 45.7 Å². The summed E-state index contributed by atoms with van der Waals surface area (Å²) in [4.78, 5) is 22.1. The summed E-state index contributed by atoms with van der Waals surface area (Å²) < 4.78 is 38.9. The van der Waals surface area contributed by atoms with Gasteiger partial charge in [-0.05, 0) is 12.8 Å². The Morgan fingerprint density at radius 3 is 1.64 bits per heavy atom. The average Bonchev–Trinajstić information content (AvgIpc) is 2.53. The Kier molecular flexibility index (Phi) is 7.13. The highest BCUT2D eigenvalue weighted by molar-refractivity contribution is 5.76. The van der Waals surface area contributed by atoms with Crippen molar-refractivity contribution in [2.24, 2.45) is 0 Å². The highest BCUT2D eigenvalue weighted by atomic mass is 19.4. The molecule has 25 heavy (non-hydrogen) atoms. The third kappa shape index (κ3) is 5.30. The molecule has 1 aromatic rings. The molecule has 0 unspecified atom stereocenters. The molecule has 0 aliphatic rings. The van der Waals surface area contributed by atoms with Gasteiger partial charge < -0.3 is 4.90 Å². The number of nitrogens with zero attached hydrogens (tertiary/aromatic N) is 3. The van der Waals surface area contributed by atoms with E-state index in [4.69, 9.17) is 0 Å². The van der Waals surface area contributed by atoms with Gasteiger partial charge in [-0.2, -0.15) is 13.2 Å². The lowest BCUT2D eigenvalue weighted by Crippen LogP contribution is -2.27. The monoisotopic (exact) mass is 363 g/mol. The molecule has 0 saturated carbocycles. The van der Waals surface area contributed by atoms with E-state index < -0.39 is 33.0 Å². The van der Waals surface area contributed by atoms with E-state index in [0.29, 0.717) is 38.1 Å². The summed E-state index contributed by atoms with van der Waals surface area (Å²) in [7, 11) is 0. The normalized spacial score (nSPS) is 11.4. The highest BCUT2D eigenvalue weighted by Gasteiger charge is 2.39. The number of nitro benzene ring substituents is 2. The summed E-state index contributed by atoms with van der Waals surface area (Å²) in [5, 5.41) is 22.6. The molecule has 7 nitrogen and oxygen atoms in total. The van der Waals surface area contributed by atoms with Gasteiger partial charge in [0.1, 0.15) is 0 Å². The second-order valence-electron chi connectivity index (χ2n) is 5.57. The van der Waals surface area contributed by atoms with Crippen molar-refractivity contribution in [3.8, 4) is 0 Å².